The van der Waals surface area contributed by atoms with E-state index >= 15 is 0 Å². The average molecular weight is 239 g/mol. The maximum atomic E-state index is 6.41. The molecule has 0 radical (unpaired) electrons. The summed E-state index contributed by atoms with van der Waals surface area (Å²) in [6, 6.07) is 8.12. The number of aromatic nitrogens is 2. The standard InChI is InChI=1S/C15H17N3/c1-10-4-2-8-17-14(10)13(16)12-7-6-11-5-3-9-18-15(11)12/h2-5,8-9,12-13H,6-7,16H2,1H3. The number of fused-ring (bicyclic) bond motifs is 1. The molecule has 0 fully saturated rings. The van der Waals surface area contributed by atoms with E-state index in [1.165, 1.54) is 5.56 Å². The van der Waals surface area contributed by atoms with Crippen molar-refractivity contribution in [2.75, 3.05) is 0 Å². The van der Waals surface area contributed by atoms with Crippen molar-refractivity contribution in [1.29, 1.82) is 0 Å². The predicted molar refractivity (Wildman–Crippen MR) is 71.2 cm³/mol. The van der Waals surface area contributed by atoms with E-state index in [1.807, 2.05) is 24.5 Å². The van der Waals surface area contributed by atoms with Crippen molar-refractivity contribution in [3.05, 3.63) is 59.2 Å². The van der Waals surface area contributed by atoms with E-state index in [4.69, 9.17) is 5.73 Å². The molecule has 2 aromatic rings. The number of pyridine rings is 2. The lowest BCUT2D eigenvalue weighted by Crippen LogP contribution is -2.21. The van der Waals surface area contributed by atoms with Crippen LogP contribution in [0.4, 0.5) is 0 Å². The Morgan fingerprint density at radius 3 is 2.83 bits per heavy atom. The van der Waals surface area contributed by atoms with Crippen LogP contribution < -0.4 is 5.73 Å². The lowest BCUT2D eigenvalue weighted by Gasteiger charge is -2.20. The van der Waals surface area contributed by atoms with E-state index in [0.717, 1.165) is 29.8 Å². The van der Waals surface area contributed by atoms with Gasteiger partial charge in [-0.2, -0.15) is 0 Å². The molecule has 0 bridgehead atoms. The van der Waals surface area contributed by atoms with Crippen LogP contribution in [0.1, 0.15) is 40.9 Å². The van der Waals surface area contributed by atoms with Gasteiger partial charge in [-0.25, -0.2) is 0 Å². The van der Waals surface area contributed by atoms with Gasteiger partial charge in [0.05, 0.1) is 11.7 Å². The molecule has 2 N–H and O–H groups in total. The Hall–Kier alpha value is -1.74. The highest BCUT2D eigenvalue weighted by Gasteiger charge is 2.30. The fourth-order valence-electron chi connectivity index (χ4n) is 2.83. The molecule has 18 heavy (non-hydrogen) atoms. The number of rotatable bonds is 2. The van der Waals surface area contributed by atoms with Crippen LogP contribution in [0.2, 0.25) is 0 Å². The topological polar surface area (TPSA) is 51.8 Å². The van der Waals surface area contributed by atoms with E-state index in [-0.39, 0.29) is 6.04 Å². The van der Waals surface area contributed by atoms with Crippen molar-refractivity contribution >= 4 is 0 Å². The van der Waals surface area contributed by atoms with Crippen LogP contribution in [0.25, 0.3) is 0 Å². The highest BCUT2D eigenvalue weighted by Crippen LogP contribution is 2.39. The van der Waals surface area contributed by atoms with Crippen LogP contribution >= 0.6 is 0 Å². The van der Waals surface area contributed by atoms with Gasteiger partial charge < -0.3 is 5.73 Å². The zero-order chi connectivity index (χ0) is 12.5. The summed E-state index contributed by atoms with van der Waals surface area (Å²) >= 11 is 0. The second-order valence-corrected chi connectivity index (χ2v) is 4.92. The molecule has 2 heterocycles. The first-order chi connectivity index (χ1) is 8.77. The maximum absolute atomic E-state index is 6.41. The van der Waals surface area contributed by atoms with Gasteiger partial charge in [-0.15, -0.1) is 0 Å². The number of nitrogens with two attached hydrogens (primary N) is 1. The van der Waals surface area contributed by atoms with Crippen molar-refractivity contribution in [3.63, 3.8) is 0 Å². The first-order valence-electron chi connectivity index (χ1n) is 6.38. The third-order valence-electron chi connectivity index (χ3n) is 3.80. The van der Waals surface area contributed by atoms with Gasteiger partial charge in [-0.3, -0.25) is 9.97 Å². The van der Waals surface area contributed by atoms with Crippen LogP contribution in [0.5, 0.6) is 0 Å². The number of hydrogen-bond acceptors (Lipinski definition) is 3. The summed E-state index contributed by atoms with van der Waals surface area (Å²) in [5.41, 5.74) is 11.1. The Kier molecular flexibility index (Phi) is 2.84. The molecule has 1 aliphatic rings. The van der Waals surface area contributed by atoms with Crippen LogP contribution in [0.15, 0.2) is 36.7 Å². The van der Waals surface area contributed by atoms with Crippen molar-refractivity contribution in [1.82, 2.24) is 9.97 Å². The van der Waals surface area contributed by atoms with Gasteiger partial charge >= 0.3 is 0 Å². The third kappa shape index (κ3) is 1.81. The molecular formula is C15H17N3. The third-order valence-corrected chi connectivity index (χ3v) is 3.80. The van der Waals surface area contributed by atoms with E-state index in [1.54, 1.807) is 0 Å². The van der Waals surface area contributed by atoms with E-state index in [2.05, 4.69) is 29.0 Å². The van der Waals surface area contributed by atoms with Crippen molar-refractivity contribution in [2.24, 2.45) is 5.73 Å². The first-order valence-corrected chi connectivity index (χ1v) is 6.38. The maximum Gasteiger partial charge on any atom is 0.0606 e. The molecule has 0 amide bonds. The minimum atomic E-state index is -0.0534. The molecule has 0 spiro atoms. The van der Waals surface area contributed by atoms with Gasteiger partial charge in [0.2, 0.25) is 0 Å². The molecule has 2 aromatic heterocycles. The van der Waals surface area contributed by atoms with Crippen LogP contribution in [-0.4, -0.2) is 9.97 Å². The van der Waals surface area contributed by atoms with Gasteiger partial charge in [0.1, 0.15) is 0 Å². The average Bonchev–Trinajstić information content (AvgIpc) is 2.82. The molecule has 2 atom stereocenters. The van der Waals surface area contributed by atoms with Crippen molar-refractivity contribution < 1.29 is 0 Å². The summed E-state index contributed by atoms with van der Waals surface area (Å²) in [6.07, 6.45) is 5.82. The summed E-state index contributed by atoms with van der Waals surface area (Å²) in [6.45, 7) is 2.07. The monoisotopic (exact) mass is 239 g/mol. The van der Waals surface area contributed by atoms with E-state index in [0.29, 0.717) is 5.92 Å². The van der Waals surface area contributed by atoms with E-state index < -0.39 is 0 Å². The lowest BCUT2D eigenvalue weighted by atomic mass is 9.93. The molecule has 2 unspecified atom stereocenters. The van der Waals surface area contributed by atoms with Crippen molar-refractivity contribution in [2.45, 2.75) is 31.7 Å². The first kappa shape index (κ1) is 11.4. The lowest BCUT2D eigenvalue weighted by molar-refractivity contribution is 0.527. The molecule has 0 aliphatic heterocycles. The molecule has 0 saturated carbocycles. The number of aryl methyl sites for hydroxylation is 2. The quantitative estimate of drug-likeness (QED) is 0.876. The van der Waals surface area contributed by atoms with Gasteiger partial charge in [0, 0.05) is 24.0 Å². The highest BCUT2D eigenvalue weighted by atomic mass is 14.8. The molecule has 0 saturated heterocycles. The summed E-state index contributed by atoms with van der Waals surface area (Å²) in [7, 11) is 0. The minimum Gasteiger partial charge on any atom is -0.322 e. The highest BCUT2D eigenvalue weighted by molar-refractivity contribution is 5.33. The zero-order valence-corrected chi connectivity index (χ0v) is 10.5. The molecular weight excluding hydrogens is 222 g/mol. The molecule has 92 valence electrons. The molecule has 1 aliphatic carbocycles. The summed E-state index contributed by atoms with van der Waals surface area (Å²) in [4.78, 5) is 8.95. The van der Waals surface area contributed by atoms with Crippen LogP contribution in [0, 0.1) is 6.92 Å². The van der Waals surface area contributed by atoms with Gasteiger partial charge in [0.15, 0.2) is 0 Å². The molecule has 3 rings (SSSR count). The second-order valence-electron chi connectivity index (χ2n) is 4.92. The predicted octanol–water partition coefficient (Wildman–Crippen LogP) is 2.51. The fourth-order valence-corrected chi connectivity index (χ4v) is 2.83. The Bertz CT molecular complexity index is 565. The van der Waals surface area contributed by atoms with Crippen LogP contribution in [0.3, 0.4) is 0 Å². The fraction of sp³-hybridized carbons (Fsp3) is 0.333. The van der Waals surface area contributed by atoms with Gasteiger partial charge in [0.25, 0.3) is 0 Å². The summed E-state index contributed by atoms with van der Waals surface area (Å²) in [5, 5.41) is 0. The SMILES string of the molecule is Cc1cccnc1C(N)C1CCc2cccnc21. The Morgan fingerprint density at radius 1 is 1.22 bits per heavy atom. The smallest absolute Gasteiger partial charge is 0.0606 e. The number of hydrogen-bond donors (Lipinski definition) is 1. The summed E-state index contributed by atoms with van der Waals surface area (Å²) < 4.78 is 0. The van der Waals surface area contributed by atoms with Crippen LogP contribution in [-0.2, 0) is 6.42 Å². The van der Waals surface area contributed by atoms with E-state index in [9.17, 15) is 0 Å². The Balaban J connectivity index is 1.96. The van der Waals surface area contributed by atoms with Crippen molar-refractivity contribution in [3.8, 4) is 0 Å². The van der Waals surface area contributed by atoms with Gasteiger partial charge in [-0.05, 0) is 43.0 Å². The Labute approximate surface area is 107 Å². The zero-order valence-electron chi connectivity index (χ0n) is 10.5. The Morgan fingerprint density at radius 2 is 2.00 bits per heavy atom. The summed E-state index contributed by atoms with van der Waals surface area (Å²) in [5.74, 6) is 0.301. The largest absolute Gasteiger partial charge is 0.322 e. The number of nitrogens with zero attached hydrogens (tertiary/aromatic N) is 2. The molecule has 3 nitrogen and oxygen atoms in total. The second kappa shape index (κ2) is 4.50. The minimum absolute atomic E-state index is 0.0534. The normalized spacial score (nSPS) is 19.6. The molecule has 3 heteroatoms. The molecule has 0 aromatic carbocycles. The van der Waals surface area contributed by atoms with Gasteiger partial charge in [-0.1, -0.05) is 12.1 Å².